The molecule has 0 spiro atoms. The minimum atomic E-state index is 0.598. The average Bonchev–Trinajstić information content (AvgIpc) is 0.791. The molecule has 14 nitrogen and oxygen atoms in total. The molecule has 0 aliphatic heterocycles. The number of pyridine rings is 6. The van der Waals surface area contributed by atoms with E-state index in [1.165, 1.54) is 0 Å². The molecule has 0 fully saturated rings. The Balaban J connectivity index is 0.000000159. The van der Waals surface area contributed by atoms with E-state index in [4.69, 9.17) is 59.8 Å². The van der Waals surface area contributed by atoms with Crippen LogP contribution in [0.25, 0.3) is 203 Å². The summed E-state index contributed by atoms with van der Waals surface area (Å²) in [5.41, 5.74) is 28.2. The molecule has 0 atom stereocenters. The number of nitrogens with zero attached hydrogens (tertiary/aromatic N) is 14. The predicted octanol–water partition coefficient (Wildman–Crippen LogP) is 24.9. The van der Waals surface area contributed by atoms with Gasteiger partial charge in [-0.2, -0.15) is 0 Å². The number of rotatable bonds is 18. The van der Waals surface area contributed by atoms with Crippen LogP contribution in [0.5, 0.6) is 0 Å². The number of hydrogen-bond acceptors (Lipinski definition) is 14. The second kappa shape index (κ2) is 34.2. The summed E-state index contributed by atoms with van der Waals surface area (Å²) in [4.78, 5) is 69.6. The third kappa shape index (κ3) is 16.7. The van der Waals surface area contributed by atoms with Crippen molar-refractivity contribution in [2.45, 2.75) is 0 Å². The maximum absolute atomic E-state index is 5.15. The molecule has 120 heavy (non-hydrogen) atoms. The monoisotopic (exact) mass is 1540 g/mol. The molecule has 0 saturated carbocycles. The highest BCUT2D eigenvalue weighted by molar-refractivity contribution is 5.83. The highest BCUT2D eigenvalue weighted by atomic mass is 14.9. The Labute approximate surface area is 694 Å². The van der Waals surface area contributed by atoms with Gasteiger partial charge in [0.15, 0.2) is 23.3 Å². The molecule has 564 valence electrons. The lowest BCUT2D eigenvalue weighted by molar-refractivity contribution is 1.17. The third-order valence-electron chi connectivity index (χ3n) is 20.5. The van der Waals surface area contributed by atoms with Gasteiger partial charge in [-0.15, -0.1) is 0 Å². The van der Waals surface area contributed by atoms with Gasteiger partial charge in [-0.05, 0) is 125 Å². The quantitative estimate of drug-likeness (QED) is 0.0791. The lowest BCUT2D eigenvalue weighted by atomic mass is 9.98. The van der Waals surface area contributed by atoms with Crippen LogP contribution in [0.4, 0.5) is 0 Å². The molecule has 0 unspecified atom stereocenters. The van der Waals surface area contributed by atoms with Crippen LogP contribution >= 0.6 is 0 Å². The first kappa shape index (κ1) is 73.6. The maximum atomic E-state index is 5.15. The van der Waals surface area contributed by atoms with E-state index in [0.717, 1.165) is 169 Å². The van der Waals surface area contributed by atoms with Crippen molar-refractivity contribution in [1.82, 2.24) is 69.8 Å². The summed E-state index contributed by atoms with van der Waals surface area (Å²) in [7, 11) is 0. The van der Waals surface area contributed by atoms with Crippen LogP contribution in [0.15, 0.2) is 425 Å². The van der Waals surface area contributed by atoms with Gasteiger partial charge >= 0.3 is 0 Å². The van der Waals surface area contributed by atoms with Crippen molar-refractivity contribution in [2.24, 2.45) is 0 Å². The van der Waals surface area contributed by atoms with Crippen LogP contribution in [0.1, 0.15) is 0 Å². The van der Waals surface area contributed by atoms with Gasteiger partial charge in [0.25, 0.3) is 0 Å². The molecule has 20 aromatic rings. The molecule has 0 N–H and O–H groups in total. The lowest BCUT2D eigenvalue weighted by Gasteiger charge is -2.13. The van der Waals surface area contributed by atoms with E-state index >= 15 is 0 Å². The van der Waals surface area contributed by atoms with E-state index in [0.29, 0.717) is 34.7 Å². The van der Waals surface area contributed by atoms with Crippen molar-refractivity contribution in [3.05, 3.63) is 425 Å². The molecule has 14 heteroatoms. The van der Waals surface area contributed by atoms with Crippen LogP contribution in [-0.4, -0.2) is 69.8 Å². The van der Waals surface area contributed by atoms with Crippen molar-refractivity contribution in [3.63, 3.8) is 0 Å². The number of benzene rings is 10. The van der Waals surface area contributed by atoms with Gasteiger partial charge in [-0.1, -0.05) is 297 Å². The zero-order valence-corrected chi connectivity index (χ0v) is 64.7. The van der Waals surface area contributed by atoms with Crippen LogP contribution in [-0.2, 0) is 0 Å². The van der Waals surface area contributed by atoms with Crippen LogP contribution in [0.2, 0.25) is 0 Å². The Hall–Kier alpha value is -16.6. The Kier molecular flexibility index (Phi) is 21.0. The maximum Gasteiger partial charge on any atom is 0.161 e. The van der Waals surface area contributed by atoms with Gasteiger partial charge in [-0.3, -0.25) is 19.9 Å². The van der Waals surface area contributed by atoms with Crippen molar-refractivity contribution < 1.29 is 0 Å². The summed E-state index contributed by atoms with van der Waals surface area (Å²) >= 11 is 0. The van der Waals surface area contributed by atoms with Crippen LogP contribution < -0.4 is 0 Å². The number of aromatic nitrogens is 14. The SMILES string of the molecule is c1ccc(-c2cc(-c3ccc(-c4cc(-c5ccccn5)nc(-c5ccc(-c6nc(-c7ccccc7)cc(-c7ccccc7)n6)cn5)c4)cc3)nc(-c3ccccc3)n2)cc1.c1ccc(-c2cc(-c3cccc(-c4cc(-c5ccccn5)nc(-c5cc(-c6nc(-c7ccccc7)cc(-c7ccccc7)n6)ccn5)c4)c3)nc(-c3ccccc3)n2)cc1. The largest absolute Gasteiger partial charge is 0.255 e. The van der Waals surface area contributed by atoms with Gasteiger partial charge in [-0.25, -0.2) is 49.8 Å². The van der Waals surface area contributed by atoms with Gasteiger partial charge in [0.05, 0.1) is 91.1 Å². The van der Waals surface area contributed by atoms with E-state index in [9.17, 15) is 0 Å². The van der Waals surface area contributed by atoms with E-state index in [1.54, 1.807) is 18.6 Å². The van der Waals surface area contributed by atoms with E-state index in [-0.39, 0.29) is 0 Å². The zero-order chi connectivity index (χ0) is 80.2. The molecule has 10 aromatic heterocycles. The van der Waals surface area contributed by atoms with E-state index in [1.807, 2.05) is 249 Å². The van der Waals surface area contributed by atoms with Gasteiger partial charge in [0.1, 0.15) is 0 Å². The lowest BCUT2D eigenvalue weighted by Crippen LogP contribution is -1.98. The Morgan fingerprint density at radius 1 is 0.108 bits per heavy atom. The fourth-order valence-electron chi connectivity index (χ4n) is 14.3. The van der Waals surface area contributed by atoms with Crippen molar-refractivity contribution in [2.75, 3.05) is 0 Å². The summed E-state index contributed by atoms with van der Waals surface area (Å²) in [6.45, 7) is 0. The Morgan fingerprint density at radius 3 is 0.733 bits per heavy atom. The minimum Gasteiger partial charge on any atom is -0.255 e. The van der Waals surface area contributed by atoms with Crippen molar-refractivity contribution in [3.8, 4) is 203 Å². The summed E-state index contributed by atoms with van der Waals surface area (Å²) in [5, 5.41) is 0. The van der Waals surface area contributed by atoms with Crippen LogP contribution in [0.3, 0.4) is 0 Å². The fraction of sp³-hybridized carbons (Fsp3) is 0. The molecule has 0 bridgehead atoms. The molecule has 20 rings (SSSR count). The number of hydrogen-bond donors (Lipinski definition) is 0. The molecule has 0 amide bonds. The molecule has 0 aliphatic carbocycles. The average molecular weight is 1540 g/mol. The molecule has 0 radical (unpaired) electrons. The standard InChI is InChI=1S/2C53H35N7/c1-5-16-36(17-6-1)45-34-46(37-18-7-2-8-19-37)59-53(58-45)42-27-29-55-49(31-42)51-33-43(32-50(56-51)44-26-13-14-28-54-44)40-24-15-25-41(30-40)48-35-47(38-20-9-3-10-21-38)57-52(60-48)39-22-11-4-12-23-39;1-5-15-37(16-6-1)46-34-49(58-52(57-46)41-21-11-4-12-22-41)40-26-24-36(25-27-40)43-31-50(44-23-13-14-30-54-44)56-51(32-43)45-29-28-42(35-55-45)53-59-47(38-17-7-2-8-18-38)33-48(60-53)39-19-9-3-10-20-39/h2*1-35H. The summed E-state index contributed by atoms with van der Waals surface area (Å²) in [6, 6.07) is 134. The van der Waals surface area contributed by atoms with Crippen LogP contribution in [0, 0.1) is 0 Å². The van der Waals surface area contributed by atoms with Gasteiger partial charge < -0.3 is 0 Å². The zero-order valence-electron chi connectivity index (χ0n) is 64.7. The van der Waals surface area contributed by atoms with Crippen molar-refractivity contribution in [1.29, 1.82) is 0 Å². The molecular formula is C106H70N14. The first-order valence-electron chi connectivity index (χ1n) is 39.4. The second-order valence-corrected chi connectivity index (χ2v) is 28.5. The normalized spacial score (nSPS) is 11.0. The summed E-state index contributed by atoms with van der Waals surface area (Å²) in [5.74, 6) is 2.55. The third-order valence-corrected chi connectivity index (χ3v) is 20.5. The fourth-order valence-corrected chi connectivity index (χ4v) is 14.3. The molecular weight excluding hydrogens is 1470 g/mol. The van der Waals surface area contributed by atoms with E-state index < -0.39 is 0 Å². The summed E-state index contributed by atoms with van der Waals surface area (Å²) < 4.78 is 0. The van der Waals surface area contributed by atoms with Gasteiger partial charge in [0.2, 0.25) is 0 Å². The highest BCUT2D eigenvalue weighted by Crippen LogP contribution is 2.39. The summed E-state index contributed by atoms with van der Waals surface area (Å²) in [6.07, 6.45) is 7.19. The first-order chi connectivity index (χ1) is 59.4. The highest BCUT2D eigenvalue weighted by Gasteiger charge is 2.21. The van der Waals surface area contributed by atoms with Gasteiger partial charge in [0, 0.05) is 91.5 Å². The first-order valence-corrected chi connectivity index (χ1v) is 39.4. The van der Waals surface area contributed by atoms with Crippen molar-refractivity contribution >= 4 is 0 Å². The smallest absolute Gasteiger partial charge is 0.161 e. The Bertz CT molecular complexity index is 6340. The Morgan fingerprint density at radius 2 is 0.375 bits per heavy atom. The second-order valence-electron chi connectivity index (χ2n) is 28.5. The topological polar surface area (TPSA) is 180 Å². The molecule has 0 aliphatic rings. The molecule has 10 heterocycles. The minimum absolute atomic E-state index is 0.598. The molecule has 10 aromatic carbocycles. The predicted molar refractivity (Wildman–Crippen MR) is 480 cm³/mol. The molecule has 0 saturated heterocycles. The van der Waals surface area contributed by atoms with E-state index in [2.05, 4.69) is 168 Å².